The van der Waals surface area contributed by atoms with Crippen molar-refractivity contribution in [1.29, 1.82) is 0 Å². The molecule has 0 saturated heterocycles. The van der Waals surface area contributed by atoms with Crippen molar-refractivity contribution in [2.75, 3.05) is 5.73 Å². The van der Waals surface area contributed by atoms with Crippen LogP contribution in [0.15, 0.2) is 54.9 Å². The molecule has 5 nitrogen and oxygen atoms in total. The molecule has 0 fully saturated rings. The lowest BCUT2D eigenvalue weighted by Crippen LogP contribution is -2.24. The molecular weight excluding hydrogens is 264 g/mol. The molecule has 3 rings (SSSR count). The summed E-state index contributed by atoms with van der Waals surface area (Å²) in [4.78, 5) is 19.8. The summed E-state index contributed by atoms with van der Waals surface area (Å²) in [6.07, 6.45) is 2.80. The van der Waals surface area contributed by atoms with E-state index < -0.39 is 0 Å². The number of hydrogen-bond acceptors (Lipinski definition) is 4. The molecule has 0 aliphatic rings. The molecule has 1 amide bonds. The van der Waals surface area contributed by atoms with Gasteiger partial charge in [0.05, 0.1) is 12.4 Å². The van der Waals surface area contributed by atoms with Crippen LogP contribution in [-0.2, 0) is 6.54 Å². The third kappa shape index (κ3) is 2.81. The minimum absolute atomic E-state index is 0.218. The molecule has 0 aliphatic carbocycles. The van der Waals surface area contributed by atoms with Gasteiger partial charge in [0, 0.05) is 6.54 Å². The van der Waals surface area contributed by atoms with Crippen molar-refractivity contribution in [1.82, 2.24) is 15.3 Å². The highest BCUT2D eigenvalue weighted by molar-refractivity contribution is 5.92. The Kier molecular flexibility index (Phi) is 3.47. The van der Waals surface area contributed by atoms with Crippen LogP contribution in [0.3, 0.4) is 0 Å². The number of carbonyl (C=O) groups excluding carboxylic acids is 1. The number of rotatable bonds is 3. The number of hydrogen-bond donors (Lipinski definition) is 2. The zero-order valence-corrected chi connectivity index (χ0v) is 11.3. The van der Waals surface area contributed by atoms with Crippen LogP contribution in [0, 0.1) is 0 Å². The number of anilines is 1. The van der Waals surface area contributed by atoms with Gasteiger partial charge in [0.25, 0.3) is 5.91 Å². The van der Waals surface area contributed by atoms with Crippen LogP contribution >= 0.6 is 0 Å². The third-order valence-electron chi connectivity index (χ3n) is 3.21. The summed E-state index contributed by atoms with van der Waals surface area (Å²) in [5.41, 5.74) is 6.80. The van der Waals surface area contributed by atoms with E-state index in [9.17, 15) is 4.79 Å². The van der Waals surface area contributed by atoms with Crippen LogP contribution in [0.5, 0.6) is 0 Å². The first-order valence-corrected chi connectivity index (χ1v) is 6.56. The predicted molar refractivity (Wildman–Crippen MR) is 81.6 cm³/mol. The number of benzene rings is 2. The average molecular weight is 278 g/mol. The number of amides is 1. The van der Waals surface area contributed by atoms with E-state index in [1.807, 2.05) is 42.5 Å². The molecule has 3 N–H and O–H groups in total. The normalized spacial score (nSPS) is 10.5. The molecule has 0 saturated carbocycles. The summed E-state index contributed by atoms with van der Waals surface area (Å²) < 4.78 is 0. The molecule has 0 spiro atoms. The van der Waals surface area contributed by atoms with Crippen LogP contribution in [0.2, 0.25) is 0 Å². The van der Waals surface area contributed by atoms with Crippen LogP contribution in [0.1, 0.15) is 16.1 Å². The van der Waals surface area contributed by atoms with E-state index >= 15 is 0 Å². The molecule has 104 valence electrons. The summed E-state index contributed by atoms with van der Waals surface area (Å²) in [7, 11) is 0. The summed E-state index contributed by atoms with van der Waals surface area (Å²) in [5, 5.41) is 5.11. The highest BCUT2D eigenvalue weighted by Gasteiger charge is 2.08. The van der Waals surface area contributed by atoms with E-state index in [0.29, 0.717) is 6.54 Å². The summed E-state index contributed by atoms with van der Waals surface area (Å²) in [6, 6.07) is 14.1. The quantitative estimate of drug-likeness (QED) is 0.769. The van der Waals surface area contributed by atoms with E-state index in [1.165, 1.54) is 12.4 Å². The predicted octanol–water partition coefficient (Wildman–Crippen LogP) is 2.14. The SMILES string of the molecule is Nc1cncc(C(=O)NCc2cccc3ccccc23)n1. The smallest absolute Gasteiger partial charge is 0.271 e. The van der Waals surface area contributed by atoms with Gasteiger partial charge in [-0.15, -0.1) is 0 Å². The van der Waals surface area contributed by atoms with Crippen molar-refractivity contribution in [3.63, 3.8) is 0 Å². The Labute approximate surface area is 121 Å². The van der Waals surface area contributed by atoms with Gasteiger partial charge in [-0.3, -0.25) is 9.78 Å². The number of nitrogen functional groups attached to an aromatic ring is 1. The van der Waals surface area contributed by atoms with Crippen molar-refractivity contribution >= 4 is 22.5 Å². The van der Waals surface area contributed by atoms with Gasteiger partial charge >= 0.3 is 0 Å². The number of nitrogens with zero attached hydrogens (tertiary/aromatic N) is 2. The van der Waals surface area contributed by atoms with Gasteiger partial charge in [0.2, 0.25) is 0 Å². The zero-order valence-electron chi connectivity index (χ0n) is 11.3. The molecule has 2 aromatic carbocycles. The number of nitrogens with one attached hydrogen (secondary N) is 1. The van der Waals surface area contributed by atoms with E-state index in [4.69, 9.17) is 5.73 Å². The highest BCUT2D eigenvalue weighted by atomic mass is 16.1. The van der Waals surface area contributed by atoms with Gasteiger partial charge in [-0.25, -0.2) is 4.98 Å². The lowest BCUT2D eigenvalue weighted by atomic mass is 10.0. The Morgan fingerprint density at radius 2 is 1.90 bits per heavy atom. The van der Waals surface area contributed by atoms with Gasteiger partial charge in [0.15, 0.2) is 0 Å². The number of nitrogens with two attached hydrogens (primary N) is 1. The molecular formula is C16H14N4O. The molecule has 0 atom stereocenters. The van der Waals surface area contributed by atoms with E-state index in [-0.39, 0.29) is 17.4 Å². The largest absolute Gasteiger partial charge is 0.382 e. The molecule has 0 radical (unpaired) electrons. The second-order valence-corrected chi connectivity index (χ2v) is 4.65. The lowest BCUT2D eigenvalue weighted by molar-refractivity contribution is 0.0946. The fourth-order valence-corrected chi connectivity index (χ4v) is 2.20. The molecule has 21 heavy (non-hydrogen) atoms. The van der Waals surface area contributed by atoms with E-state index in [0.717, 1.165) is 16.3 Å². The van der Waals surface area contributed by atoms with Gasteiger partial charge in [-0.1, -0.05) is 42.5 Å². The van der Waals surface area contributed by atoms with Crippen molar-refractivity contribution in [2.24, 2.45) is 0 Å². The van der Waals surface area contributed by atoms with Crippen LogP contribution < -0.4 is 11.1 Å². The Bertz CT molecular complexity index is 796. The van der Waals surface area contributed by atoms with Gasteiger partial charge < -0.3 is 11.1 Å². The second kappa shape index (κ2) is 5.58. The van der Waals surface area contributed by atoms with Crippen LogP contribution in [0.4, 0.5) is 5.82 Å². The third-order valence-corrected chi connectivity index (χ3v) is 3.21. The zero-order chi connectivity index (χ0) is 14.7. The summed E-state index contributed by atoms with van der Waals surface area (Å²) >= 11 is 0. The summed E-state index contributed by atoms with van der Waals surface area (Å²) in [5.74, 6) is -0.0597. The Hall–Kier alpha value is -2.95. The fraction of sp³-hybridized carbons (Fsp3) is 0.0625. The lowest BCUT2D eigenvalue weighted by Gasteiger charge is -2.08. The van der Waals surface area contributed by atoms with E-state index in [2.05, 4.69) is 15.3 Å². The number of fused-ring (bicyclic) bond motifs is 1. The fourth-order valence-electron chi connectivity index (χ4n) is 2.20. The second-order valence-electron chi connectivity index (χ2n) is 4.65. The summed E-state index contributed by atoms with van der Waals surface area (Å²) in [6.45, 7) is 0.427. The molecule has 5 heteroatoms. The molecule has 0 aliphatic heterocycles. The first-order chi connectivity index (χ1) is 10.2. The first kappa shape index (κ1) is 13.1. The molecule has 1 heterocycles. The molecule has 0 bridgehead atoms. The van der Waals surface area contributed by atoms with Crippen LogP contribution in [0.25, 0.3) is 10.8 Å². The minimum Gasteiger partial charge on any atom is -0.382 e. The minimum atomic E-state index is -0.289. The molecule has 1 aromatic heterocycles. The monoisotopic (exact) mass is 278 g/mol. The Balaban J connectivity index is 1.79. The first-order valence-electron chi connectivity index (χ1n) is 6.56. The number of aromatic nitrogens is 2. The van der Waals surface area contributed by atoms with E-state index in [1.54, 1.807) is 0 Å². The standard InChI is InChI=1S/C16H14N4O/c17-15-10-18-9-14(20-15)16(21)19-8-12-6-3-5-11-4-1-2-7-13(11)12/h1-7,9-10H,8H2,(H2,17,20)(H,19,21). The van der Waals surface area contributed by atoms with Crippen molar-refractivity contribution in [3.8, 4) is 0 Å². The molecule has 3 aromatic rings. The Morgan fingerprint density at radius 1 is 1.10 bits per heavy atom. The van der Waals surface area contributed by atoms with Crippen LogP contribution in [-0.4, -0.2) is 15.9 Å². The van der Waals surface area contributed by atoms with Crippen molar-refractivity contribution < 1.29 is 4.79 Å². The Morgan fingerprint density at radius 3 is 2.76 bits per heavy atom. The average Bonchev–Trinajstić information content (AvgIpc) is 2.52. The van der Waals surface area contributed by atoms with Gasteiger partial charge in [-0.2, -0.15) is 0 Å². The highest BCUT2D eigenvalue weighted by Crippen LogP contribution is 2.18. The van der Waals surface area contributed by atoms with Crippen molar-refractivity contribution in [3.05, 3.63) is 66.1 Å². The maximum atomic E-state index is 12.0. The van der Waals surface area contributed by atoms with Gasteiger partial charge in [0.1, 0.15) is 11.5 Å². The van der Waals surface area contributed by atoms with Crippen molar-refractivity contribution in [2.45, 2.75) is 6.54 Å². The number of carbonyl (C=O) groups is 1. The molecule has 0 unspecified atom stereocenters. The topological polar surface area (TPSA) is 80.9 Å². The maximum Gasteiger partial charge on any atom is 0.271 e. The van der Waals surface area contributed by atoms with Gasteiger partial charge in [-0.05, 0) is 16.3 Å². The maximum absolute atomic E-state index is 12.0.